The number of hydrogen-bond donors (Lipinski definition) is 0. The standard InChI is InChI=1S/C19H22N2O4S/c1-15-6-5-7-16(14-15)19-8-3-2-4-13-20(19)26(24,25)18-11-9-17(10-12-18)21(22)23/h5-7,9-12,14,19H,2-4,8,13H2,1H3. The molecular weight excluding hydrogens is 352 g/mol. The van der Waals surface area contributed by atoms with E-state index in [0.717, 1.165) is 36.8 Å². The van der Waals surface area contributed by atoms with E-state index >= 15 is 0 Å². The van der Waals surface area contributed by atoms with Gasteiger partial charge in [-0.05, 0) is 37.5 Å². The molecule has 1 fully saturated rings. The quantitative estimate of drug-likeness (QED) is 0.593. The topological polar surface area (TPSA) is 80.5 Å². The van der Waals surface area contributed by atoms with Gasteiger partial charge in [0.15, 0.2) is 0 Å². The number of hydrogen-bond acceptors (Lipinski definition) is 4. The van der Waals surface area contributed by atoms with Gasteiger partial charge in [-0.1, -0.05) is 42.7 Å². The van der Waals surface area contributed by atoms with Crippen LogP contribution < -0.4 is 0 Å². The SMILES string of the molecule is Cc1cccc(C2CCCCCN2S(=O)(=O)c2ccc([N+](=O)[O-])cc2)c1. The Bertz CT molecular complexity index is 894. The molecule has 1 atom stereocenters. The van der Waals surface area contributed by atoms with Gasteiger partial charge in [0.1, 0.15) is 0 Å². The second kappa shape index (κ2) is 7.55. The van der Waals surface area contributed by atoms with Crippen molar-refractivity contribution in [2.75, 3.05) is 6.54 Å². The highest BCUT2D eigenvalue weighted by Gasteiger charge is 2.33. The van der Waals surface area contributed by atoms with Gasteiger partial charge in [0.2, 0.25) is 10.0 Å². The molecule has 1 aliphatic heterocycles. The van der Waals surface area contributed by atoms with Crippen LogP contribution in [0.4, 0.5) is 5.69 Å². The number of nitrogens with zero attached hydrogens (tertiary/aromatic N) is 2. The molecule has 0 amide bonds. The van der Waals surface area contributed by atoms with Gasteiger partial charge in [-0.2, -0.15) is 4.31 Å². The van der Waals surface area contributed by atoms with Crippen LogP contribution in [0.5, 0.6) is 0 Å². The van der Waals surface area contributed by atoms with Crippen LogP contribution in [0, 0.1) is 17.0 Å². The third kappa shape index (κ3) is 3.78. The fourth-order valence-electron chi connectivity index (χ4n) is 3.46. The average molecular weight is 374 g/mol. The minimum atomic E-state index is -3.73. The molecule has 0 aromatic heterocycles. The maximum Gasteiger partial charge on any atom is 0.269 e. The average Bonchev–Trinajstić information content (AvgIpc) is 2.88. The van der Waals surface area contributed by atoms with Gasteiger partial charge in [-0.25, -0.2) is 8.42 Å². The highest BCUT2D eigenvalue weighted by molar-refractivity contribution is 7.89. The van der Waals surface area contributed by atoms with Gasteiger partial charge < -0.3 is 0 Å². The summed E-state index contributed by atoms with van der Waals surface area (Å²) < 4.78 is 28.1. The largest absolute Gasteiger partial charge is 0.269 e. The molecule has 1 aliphatic rings. The zero-order valence-electron chi connectivity index (χ0n) is 14.7. The number of nitro groups is 1. The Balaban J connectivity index is 2.00. The Morgan fingerprint density at radius 3 is 2.46 bits per heavy atom. The summed E-state index contributed by atoms with van der Waals surface area (Å²) >= 11 is 0. The Hall–Kier alpha value is -2.25. The molecule has 6 nitrogen and oxygen atoms in total. The van der Waals surface area contributed by atoms with Crippen molar-refractivity contribution in [3.8, 4) is 0 Å². The van der Waals surface area contributed by atoms with Crippen LogP contribution >= 0.6 is 0 Å². The van der Waals surface area contributed by atoms with Crippen molar-refractivity contribution < 1.29 is 13.3 Å². The Morgan fingerprint density at radius 1 is 1.08 bits per heavy atom. The molecule has 2 aromatic carbocycles. The van der Waals surface area contributed by atoms with Crippen molar-refractivity contribution in [2.45, 2.75) is 43.5 Å². The highest BCUT2D eigenvalue weighted by Crippen LogP contribution is 2.35. The van der Waals surface area contributed by atoms with E-state index in [1.165, 1.54) is 24.3 Å². The summed E-state index contributed by atoms with van der Waals surface area (Å²) in [5, 5.41) is 10.8. The van der Waals surface area contributed by atoms with Gasteiger partial charge >= 0.3 is 0 Å². The molecule has 1 unspecified atom stereocenters. The predicted octanol–water partition coefficient (Wildman–Crippen LogP) is 4.21. The molecule has 0 saturated carbocycles. The Labute approximate surface area is 153 Å². The first-order valence-electron chi connectivity index (χ1n) is 8.72. The summed E-state index contributed by atoms with van der Waals surface area (Å²) in [4.78, 5) is 10.4. The van der Waals surface area contributed by atoms with Gasteiger partial charge in [0, 0.05) is 18.7 Å². The maximum absolute atomic E-state index is 13.2. The number of non-ortho nitro benzene ring substituents is 1. The van der Waals surface area contributed by atoms with Gasteiger partial charge in [0.05, 0.1) is 15.9 Å². The fraction of sp³-hybridized carbons (Fsp3) is 0.368. The molecule has 0 N–H and O–H groups in total. The van der Waals surface area contributed by atoms with E-state index in [0.29, 0.717) is 6.54 Å². The van der Waals surface area contributed by atoms with E-state index in [9.17, 15) is 18.5 Å². The molecule has 7 heteroatoms. The lowest BCUT2D eigenvalue weighted by molar-refractivity contribution is -0.384. The third-order valence-electron chi connectivity index (χ3n) is 4.78. The molecule has 3 rings (SSSR count). The van der Waals surface area contributed by atoms with Crippen LogP contribution in [-0.4, -0.2) is 24.2 Å². The zero-order chi connectivity index (χ0) is 18.7. The van der Waals surface area contributed by atoms with E-state index in [2.05, 4.69) is 0 Å². The third-order valence-corrected chi connectivity index (χ3v) is 6.71. The van der Waals surface area contributed by atoms with Crippen molar-refractivity contribution in [3.63, 3.8) is 0 Å². The molecule has 0 aliphatic carbocycles. The molecule has 0 spiro atoms. The van der Waals surface area contributed by atoms with Crippen molar-refractivity contribution in [1.82, 2.24) is 4.31 Å². The van der Waals surface area contributed by atoms with Crippen molar-refractivity contribution in [3.05, 3.63) is 69.8 Å². The normalized spacial score (nSPS) is 19.0. The van der Waals surface area contributed by atoms with Crippen LogP contribution in [0.15, 0.2) is 53.4 Å². The van der Waals surface area contributed by atoms with Crippen LogP contribution in [0.3, 0.4) is 0 Å². The fourth-order valence-corrected chi connectivity index (χ4v) is 5.14. The summed E-state index contributed by atoms with van der Waals surface area (Å²) in [6.45, 7) is 2.45. The van der Waals surface area contributed by atoms with Gasteiger partial charge in [-0.3, -0.25) is 10.1 Å². The second-order valence-corrected chi connectivity index (χ2v) is 8.54. The van der Waals surface area contributed by atoms with Crippen LogP contribution in [0.25, 0.3) is 0 Å². The van der Waals surface area contributed by atoms with Crippen LogP contribution in [-0.2, 0) is 10.0 Å². The Morgan fingerprint density at radius 2 is 1.81 bits per heavy atom. The number of aryl methyl sites for hydroxylation is 1. The first-order valence-corrected chi connectivity index (χ1v) is 10.2. The van der Waals surface area contributed by atoms with E-state index in [1.807, 2.05) is 31.2 Å². The summed E-state index contributed by atoms with van der Waals surface area (Å²) in [5.74, 6) is 0. The molecule has 1 heterocycles. The first-order chi connectivity index (χ1) is 12.4. The lowest BCUT2D eigenvalue weighted by Crippen LogP contribution is -2.34. The lowest BCUT2D eigenvalue weighted by atomic mass is 10.0. The van der Waals surface area contributed by atoms with Crippen LogP contribution in [0.2, 0.25) is 0 Å². The van der Waals surface area contributed by atoms with Crippen molar-refractivity contribution in [2.24, 2.45) is 0 Å². The minimum Gasteiger partial charge on any atom is -0.258 e. The minimum absolute atomic E-state index is 0.0997. The molecular formula is C19H22N2O4S. The number of benzene rings is 2. The first kappa shape index (κ1) is 18.5. The number of nitro benzene ring substituents is 1. The van der Waals surface area contributed by atoms with Gasteiger partial charge in [-0.15, -0.1) is 0 Å². The number of sulfonamides is 1. The number of rotatable bonds is 4. The summed E-state index contributed by atoms with van der Waals surface area (Å²) in [7, 11) is -3.73. The van der Waals surface area contributed by atoms with Crippen molar-refractivity contribution >= 4 is 15.7 Å². The summed E-state index contributed by atoms with van der Waals surface area (Å²) in [6.07, 6.45) is 3.56. The predicted molar refractivity (Wildman–Crippen MR) is 99.4 cm³/mol. The summed E-state index contributed by atoms with van der Waals surface area (Å²) in [6, 6.07) is 12.9. The maximum atomic E-state index is 13.2. The molecule has 26 heavy (non-hydrogen) atoms. The molecule has 1 saturated heterocycles. The van der Waals surface area contributed by atoms with E-state index in [-0.39, 0.29) is 16.6 Å². The second-order valence-electron chi connectivity index (χ2n) is 6.65. The summed E-state index contributed by atoms with van der Waals surface area (Å²) in [5.41, 5.74) is 1.98. The monoisotopic (exact) mass is 374 g/mol. The molecule has 0 bridgehead atoms. The van der Waals surface area contributed by atoms with E-state index < -0.39 is 14.9 Å². The zero-order valence-corrected chi connectivity index (χ0v) is 15.5. The Kier molecular flexibility index (Phi) is 5.38. The van der Waals surface area contributed by atoms with Crippen molar-refractivity contribution in [1.29, 1.82) is 0 Å². The molecule has 2 aromatic rings. The lowest BCUT2D eigenvalue weighted by Gasteiger charge is -2.29. The highest BCUT2D eigenvalue weighted by atomic mass is 32.2. The molecule has 138 valence electrons. The van der Waals surface area contributed by atoms with Crippen LogP contribution in [0.1, 0.15) is 42.9 Å². The van der Waals surface area contributed by atoms with E-state index in [1.54, 1.807) is 4.31 Å². The van der Waals surface area contributed by atoms with Gasteiger partial charge in [0.25, 0.3) is 5.69 Å². The molecule has 0 radical (unpaired) electrons. The van der Waals surface area contributed by atoms with E-state index in [4.69, 9.17) is 0 Å². The smallest absolute Gasteiger partial charge is 0.258 e.